The van der Waals surface area contributed by atoms with E-state index in [1.54, 1.807) is 7.11 Å². The number of rotatable bonds is 18. The van der Waals surface area contributed by atoms with Crippen LogP contribution in [-0.2, 0) is 21.7 Å². The van der Waals surface area contributed by atoms with E-state index in [-0.39, 0.29) is 33.4 Å². The molecule has 0 aliphatic carbocycles. The molecular formula is C78H100O4. The Hall–Kier alpha value is -7.04. The van der Waals surface area contributed by atoms with Gasteiger partial charge in [-0.15, -0.1) is 0 Å². The first kappa shape index (κ1) is 65.8. The number of ether oxygens (including phenoxy) is 4. The predicted molar refractivity (Wildman–Crippen MR) is 355 cm³/mol. The lowest BCUT2D eigenvalue weighted by Gasteiger charge is -2.23. The summed E-state index contributed by atoms with van der Waals surface area (Å²) in [6, 6.07) is 68.7. The first-order chi connectivity index (χ1) is 38.8. The Balaban J connectivity index is 0.000000201. The zero-order valence-corrected chi connectivity index (χ0v) is 53.7. The van der Waals surface area contributed by atoms with E-state index >= 15 is 0 Å². The SMILES string of the molecule is CCC(C)(C)c1ccc(-c2ccc(OC(C)(C)C)cc2)cc1.CCC(C)(C)c1ccc(-c2ccc(OC(C)C)cc2)cc1.CCC(C)(C)c1ccc(-c2ccc(OC)cc2)cc1.CCOc1ccccc1-c1ccc(C(C)(C)CC)cc1. The van der Waals surface area contributed by atoms with E-state index < -0.39 is 0 Å². The van der Waals surface area contributed by atoms with Crippen LogP contribution >= 0.6 is 0 Å². The first-order valence-electron chi connectivity index (χ1n) is 30.1. The Bertz CT molecular complexity index is 3100. The van der Waals surface area contributed by atoms with Crippen molar-refractivity contribution in [2.45, 2.75) is 184 Å². The van der Waals surface area contributed by atoms with Crippen LogP contribution in [0, 0.1) is 0 Å². The Morgan fingerprint density at radius 1 is 0.329 bits per heavy atom. The van der Waals surface area contributed by atoms with Crippen molar-refractivity contribution in [3.63, 3.8) is 0 Å². The Morgan fingerprint density at radius 2 is 0.610 bits per heavy atom. The summed E-state index contributed by atoms with van der Waals surface area (Å²) in [7, 11) is 1.69. The molecule has 8 aromatic rings. The molecule has 0 aromatic heterocycles. The van der Waals surface area contributed by atoms with Gasteiger partial charge in [-0.25, -0.2) is 0 Å². The molecule has 0 N–H and O–H groups in total. The van der Waals surface area contributed by atoms with Crippen molar-refractivity contribution in [3.05, 3.63) is 216 Å². The van der Waals surface area contributed by atoms with Crippen molar-refractivity contribution in [3.8, 4) is 67.5 Å². The summed E-state index contributed by atoms with van der Waals surface area (Å²) in [5.41, 5.74) is 16.2. The van der Waals surface area contributed by atoms with Gasteiger partial charge in [0.1, 0.15) is 28.6 Å². The maximum atomic E-state index is 5.87. The highest BCUT2D eigenvalue weighted by atomic mass is 16.5. The molecule has 0 spiro atoms. The van der Waals surface area contributed by atoms with Crippen LogP contribution in [0.5, 0.6) is 23.0 Å². The summed E-state index contributed by atoms with van der Waals surface area (Å²) < 4.78 is 22.4. The summed E-state index contributed by atoms with van der Waals surface area (Å²) in [4.78, 5) is 0. The highest BCUT2D eigenvalue weighted by molar-refractivity contribution is 5.71. The number of para-hydroxylation sites is 1. The molecule has 0 heterocycles. The van der Waals surface area contributed by atoms with Crippen LogP contribution in [0.15, 0.2) is 194 Å². The van der Waals surface area contributed by atoms with Crippen LogP contribution in [0.25, 0.3) is 44.5 Å². The number of benzene rings is 8. The average molecular weight is 1100 g/mol. The van der Waals surface area contributed by atoms with Crippen LogP contribution in [-0.4, -0.2) is 25.4 Å². The van der Waals surface area contributed by atoms with Gasteiger partial charge in [0, 0.05) is 5.56 Å². The molecule has 4 nitrogen and oxygen atoms in total. The minimum atomic E-state index is -0.158. The van der Waals surface area contributed by atoms with Gasteiger partial charge in [0.25, 0.3) is 0 Å². The quantitative estimate of drug-likeness (QED) is 0.0858. The van der Waals surface area contributed by atoms with E-state index in [0.29, 0.717) is 6.61 Å². The number of methoxy groups -OCH3 is 1. The van der Waals surface area contributed by atoms with E-state index in [4.69, 9.17) is 18.9 Å². The van der Waals surface area contributed by atoms with Crippen molar-refractivity contribution in [1.82, 2.24) is 0 Å². The largest absolute Gasteiger partial charge is 0.497 e. The molecule has 436 valence electrons. The van der Waals surface area contributed by atoms with Gasteiger partial charge >= 0.3 is 0 Å². The highest BCUT2D eigenvalue weighted by Crippen LogP contribution is 2.35. The fraction of sp³-hybridized carbons (Fsp3) is 0.385. The minimum Gasteiger partial charge on any atom is -0.497 e. The third-order valence-electron chi connectivity index (χ3n) is 16.3. The van der Waals surface area contributed by atoms with Crippen LogP contribution in [0.3, 0.4) is 0 Å². The second-order valence-corrected chi connectivity index (χ2v) is 25.3. The molecule has 8 rings (SSSR count). The molecule has 0 fully saturated rings. The molecule has 0 aliphatic heterocycles. The molecule has 0 amide bonds. The van der Waals surface area contributed by atoms with Gasteiger partial charge in [0.15, 0.2) is 0 Å². The predicted octanol–water partition coefficient (Wildman–Crippen LogP) is 22.5. The van der Waals surface area contributed by atoms with Crippen molar-refractivity contribution < 1.29 is 18.9 Å². The molecule has 0 radical (unpaired) electrons. The zero-order chi connectivity index (χ0) is 60.3. The molecule has 4 heteroatoms. The number of hydrogen-bond acceptors (Lipinski definition) is 4. The molecule has 0 aliphatic rings. The Morgan fingerprint density at radius 3 is 0.890 bits per heavy atom. The van der Waals surface area contributed by atoms with Crippen molar-refractivity contribution in [2.75, 3.05) is 13.7 Å². The molecule has 0 saturated heterocycles. The summed E-state index contributed by atoms with van der Waals surface area (Å²) in [6.07, 6.45) is 4.79. The van der Waals surface area contributed by atoms with Crippen molar-refractivity contribution in [2.24, 2.45) is 0 Å². The molecule has 0 saturated carbocycles. The minimum absolute atomic E-state index is 0.158. The monoisotopic (exact) mass is 1100 g/mol. The van der Waals surface area contributed by atoms with Gasteiger partial charge in [0.2, 0.25) is 0 Å². The lowest BCUT2D eigenvalue weighted by molar-refractivity contribution is 0.131. The average Bonchev–Trinajstić information content (AvgIpc) is 3.69. The molecule has 0 atom stereocenters. The van der Waals surface area contributed by atoms with Gasteiger partial charge in [-0.1, -0.05) is 235 Å². The third-order valence-corrected chi connectivity index (χ3v) is 16.3. The van der Waals surface area contributed by atoms with E-state index in [1.807, 2.05) is 69.3 Å². The lowest BCUT2D eigenvalue weighted by atomic mass is 9.82. The third kappa shape index (κ3) is 19.3. The van der Waals surface area contributed by atoms with Gasteiger partial charge in [-0.05, 0) is 193 Å². The second kappa shape index (κ2) is 29.8. The summed E-state index contributed by atoms with van der Waals surface area (Å²) >= 11 is 0. The standard InChI is InChI=1S/C21H28O.C20H26O.C19H24O.C18H22O/c1-7-21(5,6)18-12-8-16(9-13-18)17-10-14-19(15-11-17)22-20(2,3)4;1-6-20(4,5)18-11-7-16(8-12-18)17-9-13-19(14-10-17)21-15(2)3;1-5-19(3,4)16-13-11-15(12-14-16)17-9-7-8-10-18(17)20-6-2;1-5-18(2,3)16-10-6-14(7-11-16)15-8-12-17(19-4)13-9-15/h8-15H,7H2,1-6H3;7-15H,6H2,1-5H3;7-14H,5-6H2,1-4H3;6-13H,5H2,1-4H3. The van der Waals surface area contributed by atoms with Gasteiger partial charge < -0.3 is 18.9 Å². The fourth-order valence-electron chi connectivity index (χ4n) is 9.10. The van der Waals surface area contributed by atoms with Crippen molar-refractivity contribution in [1.29, 1.82) is 0 Å². The Labute approximate surface area is 497 Å². The van der Waals surface area contributed by atoms with Gasteiger partial charge in [-0.2, -0.15) is 0 Å². The van der Waals surface area contributed by atoms with Crippen LogP contribution in [0.1, 0.15) is 173 Å². The normalized spacial score (nSPS) is 11.7. The second-order valence-electron chi connectivity index (χ2n) is 25.3. The van der Waals surface area contributed by atoms with E-state index in [0.717, 1.165) is 54.2 Å². The maximum Gasteiger partial charge on any atom is 0.127 e. The maximum absolute atomic E-state index is 5.87. The summed E-state index contributed by atoms with van der Waals surface area (Å²) in [5.74, 6) is 3.70. The summed E-state index contributed by atoms with van der Waals surface area (Å²) in [6.45, 7) is 40.3. The van der Waals surface area contributed by atoms with Gasteiger partial charge in [0.05, 0.1) is 19.8 Å². The smallest absolute Gasteiger partial charge is 0.127 e. The first-order valence-corrected chi connectivity index (χ1v) is 30.1. The molecule has 8 aromatic carbocycles. The highest BCUT2D eigenvalue weighted by Gasteiger charge is 2.21. The van der Waals surface area contributed by atoms with E-state index in [2.05, 4.69) is 249 Å². The summed E-state index contributed by atoms with van der Waals surface area (Å²) in [5, 5.41) is 0. The number of hydrogen-bond donors (Lipinski definition) is 0. The lowest BCUT2D eigenvalue weighted by Crippen LogP contribution is -2.22. The molecule has 82 heavy (non-hydrogen) atoms. The zero-order valence-electron chi connectivity index (χ0n) is 53.7. The van der Waals surface area contributed by atoms with Crippen LogP contribution < -0.4 is 18.9 Å². The molecular weight excluding hydrogens is 1000 g/mol. The Kier molecular flexibility index (Phi) is 23.9. The van der Waals surface area contributed by atoms with Crippen LogP contribution in [0.4, 0.5) is 0 Å². The van der Waals surface area contributed by atoms with E-state index in [1.165, 1.54) is 61.2 Å². The van der Waals surface area contributed by atoms with Crippen molar-refractivity contribution >= 4 is 0 Å². The fourth-order valence-corrected chi connectivity index (χ4v) is 9.10. The molecule has 0 unspecified atom stereocenters. The van der Waals surface area contributed by atoms with Crippen LogP contribution in [0.2, 0.25) is 0 Å². The molecule has 0 bridgehead atoms. The van der Waals surface area contributed by atoms with Gasteiger partial charge in [-0.3, -0.25) is 0 Å². The topological polar surface area (TPSA) is 36.9 Å². The van der Waals surface area contributed by atoms with E-state index in [9.17, 15) is 0 Å².